The van der Waals surface area contributed by atoms with Gasteiger partial charge in [-0.1, -0.05) is 77.7 Å². The standard InChI is InChI=1S/C29H42F3NO2/c1-3-5-7-9-10-12-14-24-15-20-27(33-22-24)25-16-18-26(19-17-25)35-23-28(29(30,31)32)34-21-13-11-8-6-4-2/h15-20,22,28H,3-14,21,23H2,1-2H3. The van der Waals surface area contributed by atoms with Gasteiger partial charge >= 0.3 is 6.18 Å². The third kappa shape index (κ3) is 11.9. The summed E-state index contributed by atoms with van der Waals surface area (Å²) >= 11 is 0. The number of hydrogen-bond donors (Lipinski definition) is 0. The molecule has 2 aromatic rings. The van der Waals surface area contributed by atoms with Gasteiger partial charge in [0.15, 0.2) is 6.10 Å². The Hall–Kier alpha value is -2.08. The van der Waals surface area contributed by atoms with Crippen LogP contribution in [-0.4, -0.2) is 30.5 Å². The minimum absolute atomic E-state index is 0.0940. The van der Waals surface area contributed by atoms with E-state index >= 15 is 0 Å². The number of benzene rings is 1. The number of halogens is 3. The van der Waals surface area contributed by atoms with E-state index in [1.807, 2.05) is 24.4 Å². The molecule has 1 unspecified atom stereocenters. The van der Waals surface area contributed by atoms with E-state index in [-0.39, 0.29) is 6.61 Å². The Morgan fingerprint density at radius 2 is 1.40 bits per heavy atom. The normalized spacial score (nSPS) is 12.6. The molecule has 0 aliphatic rings. The van der Waals surface area contributed by atoms with Crippen molar-refractivity contribution in [3.8, 4) is 17.0 Å². The molecule has 2 rings (SSSR count). The molecule has 1 aromatic heterocycles. The number of aryl methyl sites for hydroxylation is 1. The maximum Gasteiger partial charge on any atom is 0.417 e. The summed E-state index contributed by atoms with van der Waals surface area (Å²) in [6.07, 6.45) is 8.93. The predicted molar refractivity (Wildman–Crippen MR) is 137 cm³/mol. The molecule has 0 aliphatic carbocycles. The van der Waals surface area contributed by atoms with Gasteiger partial charge in [-0.25, -0.2) is 0 Å². The van der Waals surface area contributed by atoms with E-state index in [9.17, 15) is 13.2 Å². The Kier molecular flexibility index (Phi) is 13.8. The highest BCUT2D eigenvalue weighted by Gasteiger charge is 2.41. The molecule has 1 aromatic carbocycles. The molecular formula is C29H42F3NO2. The van der Waals surface area contributed by atoms with Crippen molar-refractivity contribution < 1.29 is 22.6 Å². The first kappa shape index (κ1) is 29.2. The summed E-state index contributed by atoms with van der Waals surface area (Å²) < 4.78 is 50.4. The van der Waals surface area contributed by atoms with Crippen molar-refractivity contribution in [3.05, 3.63) is 48.2 Å². The predicted octanol–water partition coefficient (Wildman–Crippen LogP) is 8.95. The molecule has 1 atom stereocenters. The van der Waals surface area contributed by atoms with E-state index < -0.39 is 18.9 Å². The zero-order valence-corrected chi connectivity index (χ0v) is 21.4. The van der Waals surface area contributed by atoms with Crippen LogP contribution in [0.2, 0.25) is 0 Å². The molecule has 0 amide bonds. The fraction of sp³-hybridized carbons (Fsp3) is 0.621. The summed E-state index contributed by atoms with van der Waals surface area (Å²) in [5.74, 6) is 0.384. The number of pyridine rings is 1. The number of unbranched alkanes of at least 4 members (excludes halogenated alkanes) is 9. The van der Waals surface area contributed by atoms with Crippen LogP contribution < -0.4 is 4.74 Å². The van der Waals surface area contributed by atoms with Gasteiger partial charge in [-0.2, -0.15) is 13.2 Å². The number of aromatic nitrogens is 1. The van der Waals surface area contributed by atoms with Gasteiger partial charge in [-0.05, 0) is 55.2 Å². The lowest BCUT2D eigenvalue weighted by Crippen LogP contribution is -2.37. The van der Waals surface area contributed by atoms with Crippen LogP contribution in [0.25, 0.3) is 11.3 Å². The van der Waals surface area contributed by atoms with E-state index in [1.165, 1.54) is 44.1 Å². The lowest BCUT2D eigenvalue weighted by atomic mass is 10.1. The van der Waals surface area contributed by atoms with Crippen molar-refractivity contribution in [1.29, 1.82) is 0 Å². The SMILES string of the molecule is CCCCCCCCc1ccc(-c2ccc(OCC(OCCCCCCC)C(F)(F)F)cc2)nc1. The second-order valence-electron chi connectivity index (χ2n) is 9.22. The van der Waals surface area contributed by atoms with E-state index in [1.54, 1.807) is 12.1 Å². The molecule has 0 bridgehead atoms. The Labute approximate surface area is 209 Å². The maximum atomic E-state index is 13.3. The van der Waals surface area contributed by atoms with E-state index in [4.69, 9.17) is 9.47 Å². The van der Waals surface area contributed by atoms with Gasteiger partial charge in [0, 0.05) is 18.4 Å². The summed E-state index contributed by atoms with van der Waals surface area (Å²) in [6, 6.07) is 11.1. The Balaban J connectivity index is 1.79. The minimum atomic E-state index is -4.45. The smallest absolute Gasteiger partial charge is 0.417 e. The van der Waals surface area contributed by atoms with Crippen LogP contribution in [0.15, 0.2) is 42.6 Å². The van der Waals surface area contributed by atoms with Crippen molar-refractivity contribution >= 4 is 0 Å². The summed E-state index contributed by atoms with van der Waals surface area (Å²) in [7, 11) is 0. The quantitative estimate of drug-likeness (QED) is 0.194. The summed E-state index contributed by atoms with van der Waals surface area (Å²) in [5, 5.41) is 0. The van der Waals surface area contributed by atoms with Gasteiger partial charge in [0.25, 0.3) is 0 Å². The first-order chi connectivity index (χ1) is 16.9. The van der Waals surface area contributed by atoms with E-state index in [0.717, 1.165) is 43.4 Å². The lowest BCUT2D eigenvalue weighted by Gasteiger charge is -2.21. The molecule has 0 radical (unpaired) electrons. The highest BCUT2D eigenvalue weighted by molar-refractivity contribution is 5.60. The number of hydrogen-bond acceptors (Lipinski definition) is 3. The van der Waals surface area contributed by atoms with Crippen LogP contribution in [0.1, 0.15) is 90.0 Å². The number of ether oxygens (including phenoxy) is 2. The number of nitrogens with zero attached hydrogens (tertiary/aromatic N) is 1. The molecule has 0 saturated carbocycles. The molecule has 0 fully saturated rings. The van der Waals surface area contributed by atoms with Crippen molar-refractivity contribution in [2.75, 3.05) is 13.2 Å². The largest absolute Gasteiger partial charge is 0.491 e. The molecule has 1 heterocycles. The van der Waals surface area contributed by atoms with Crippen molar-refractivity contribution in [2.24, 2.45) is 0 Å². The van der Waals surface area contributed by atoms with Gasteiger partial charge in [-0.15, -0.1) is 0 Å². The summed E-state index contributed by atoms with van der Waals surface area (Å²) in [5.41, 5.74) is 2.97. The van der Waals surface area contributed by atoms with Crippen molar-refractivity contribution in [2.45, 2.75) is 103 Å². The molecule has 0 spiro atoms. The average Bonchev–Trinajstić information content (AvgIpc) is 2.85. The molecule has 0 N–H and O–H groups in total. The van der Waals surface area contributed by atoms with Gasteiger partial charge in [0.05, 0.1) is 5.69 Å². The van der Waals surface area contributed by atoms with Crippen LogP contribution in [0.3, 0.4) is 0 Å². The van der Waals surface area contributed by atoms with E-state index in [2.05, 4.69) is 24.9 Å². The van der Waals surface area contributed by atoms with E-state index in [0.29, 0.717) is 12.2 Å². The Morgan fingerprint density at radius 3 is 2.00 bits per heavy atom. The molecular weight excluding hydrogens is 451 g/mol. The topological polar surface area (TPSA) is 31.4 Å². The zero-order valence-electron chi connectivity index (χ0n) is 21.4. The fourth-order valence-corrected chi connectivity index (χ4v) is 3.91. The molecule has 196 valence electrons. The maximum absolute atomic E-state index is 13.3. The molecule has 35 heavy (non-hydrogen) atoms. The van der Waals surface area contributed by atoms with Crippen LogP contribution in [0.5, 0.6) is 5.75 Å². The highest BCUT2D eigenvalue weighted by Crippen LogP contribution is 2.26. The zero-order chi connectivity index (χ0) is 25.4. The number of alkyl halides is 3. The second-order valence-corrected chi connectivity index (χ2v) is 9.22. The minimum Gasteiger partial charge on any atom is -0.491 e. The Morgan fingerprint density at radius 1 is 0.771 bits per heavy atom. The first-order valence-electron chi connectivity index (χ1n) is 13.3. The van der Waals surface area contributed by atoms with Gasteiger partial charge in [0.1, 0.15) is 12.4 Å². The van der Waals surface area contributed by atoms with Crippen molar-refractivity contribution in [3.63, 3.8) is 0 Å². The molecule has 0 saturated heterocycles. The monoisotopic (exact) mass is 493 g/mol. The summed E-state index contributed by atoms with van der Waals surface area (Å²) in [6.45, 7) is 3.87. The fourth-order valence-electron chi connectivity index (χ4n) is 3.91. The number of rotatable bonds is 18. The van der Waals surface area contributed by atoms with Gasteiger partial charge < -0.3 is 9.47 Å². The molecule has 6 heteroatoms. The van der Waals surface area contributed by atoms with Gasteiger partial charge in [0.2, 0.25) is 0 Å². The lowest BCUT2D eigenvalue weighted by molar-refractivity contribution is -0.227. The Bertz CT molecular complexity index is 791. The average molecular weight is 494 g/mol. The summed E-state index contributed by atoms with van der Waals surface area (Å²) in [4.78, 5) is 4.56. The first-order valence-corrected chi connectivity index (χ1v) is 13.3. The van der Waals surface area contributed by atoms with Crippen LogP contribution in [0.4, 0.5) is 13.2 Å². The molecule has 0 aliphatic heterocycles. The van der Waals surface area contributed by atoms with Crippen molar-refractivity contribution in [1.82, 2.24) is 4.98 Å². The van der Waals surface area contributed by atoms with Crippen LogP contribution in [0, 0.1) is 0 Å². The third-order valence-electron chi connectivity index (χ3n) is 6.13. The van der Waals surface area contributed by atoms with Crippen LogP contribution >= 0.6 is 0 Å². The second kappa shape index (κ2) is 16.6. The van der Waals surface area contributed by atoms with Crippen LogP contribution in [-0.2, 0) is 11.2 Å². The van der Waals surface area contributed by atoms with Gasteiger partial charge in [-0.3, -0.25) is 4.98 Å². The molecule has 3 nitrogen and oxygen atoms in total. The highest BCUT2D eigenvalue weighted by atomic mass is 19.4. The third-order valence-corrected chi connectivity index (χ3v) is 6.13.